The van der Waals surface area contributed by atoms with Gasteiger partial charge in [0.05, 0.1) is 23.7 Å². The van der Waals surface area contributed by atoms with Crippen molar-refractivity contribution in [3.63, 3.8) is 0 Å². The predicted octanol–water partition coefficient (Wildman–Crippen LogP) is 2.13. The van der Waals surface area contributed by atoms with Crippen molar-refractivity contribution in [2.24, 2.45) is 0 Å². The van der Waals surface area contributed by atoms with Crippen LogP contribution in [0, 0.1) is 5.82 Å². The van der Waals surface area contributed by atoms with E-state index in [-0.39, 0.29) is 12.0 Å². The maximum Gasteiger partial charge on any atom is 0.305 e. The number of hydrogen-bond donors (Lipinski definition) is 2. The van der Waals surface area contributed by atoms with E-state index < -0.39 is 23.2 Å². The molecule has 1 heterocycles. The topological polar surface area (TPSA) is 79.3 Å². The van der Waals surface area contributed by atoms with Gasteiger partial charge in [0, 0.05) is 6.20 Å². The fraction of sp³-hybridized carbons (Fsp3) is 0.500. The Morgan fingerprint density at radius 1 is 1.30 bits per heavy atom. The molecule has 0 unspecified atom stereocenters. The van der Waals surface area contributed by atoms with E-state index in [1.165, 1.54) is 6.20 Å². The van der Waals surface area contributed by atoms with Gasteiger partial charge >= 0.3 is 5.97 Å². The fourth-order valence-corrected chi connectivity index (χ4v) is 2.71. The van der Waals surface area contributed by atoms with Crippen molar-refractivity contribution in [1.29, 1.82) is 0 Å². The summed E-state index contributed by atoms with van der Waals surface area (Å²) in [6.45, 7) is 0. The molecule has 5 nitrogen and oxygen atoms in total. The first-order chi connectivity index (χ1) is 9.51. The van der Waals surface area contributed by atoms with Crippen LogP contribution in [0.1, 0.15) is 48.9 Å². The second-order valence-electron chi connectivity index (χ2n) is 5.26. The van der Waals surface area contributed by atoms with Crippen LogP contribution in [-0.4, -0.2) is 27.5 Å². The standard InChI is InChI=1S/C14H17FN2O3/c15-11-6-10(8-16-9-11)13(20)17-14(7-12(18)19)4-2-1-3-5-14/h6,8-9H,1-5,7H2,(H,17,20)(H,18,19). The fourth-order valence-electron chi connectivity index (χ4n) is 2.71. The van der Waals surface area contributed by atoms with E-state index in [0.717, 1.165) is 31.5 Å². The average Bonchev–Trinajstić information content (AvgIpc) is 2.38. The van der Waals surface area contributed by atoms with E-state index in [4.69, 9.17) is 5.11 Å². The molecule has 1 aliphatic carbocycles. The van der Waals surface area contributed by atoms with E-state index in [1.54, 1.807) is 0 Å². The van der Waals surface area contributed by atoms with Crippen LogP contribution in [0.4, 0.5) is 4.39 Å². The molecule has 1 amide bonds. The zero-order chi connectivity index (χ0) is 14.6. The predicted molar refractivity (Wildman–Crippen MR) is 69.7 cm³/mol. The highest BCUT2D eigenvalue weighted by atomic mass is 19.1. The molecule has 0 radical (unpaired) electrons. The number of aliphatic carboxylic acids is 1. The molecule has 1 fully saturated rings. The third-order valence-electron chi connectivity index (χ3n) is 3.65. The van der Waals surface area contributed by atoms with E-state index in [0.29, 0.717) is 12.8 Å². The Morgan fingerprint density at radius 3 is 2.60 bits per heavy atom. The number of nitrogens with zero attached hydrogens (tertiary/aromatic N) is 1. The van der Waals surface area contributed by atoms with Gasteiger partial charge in [-0.1, -0.05) is 19.3 Å². The van der Waals surface area contributed by atoms with Gasteiger partial charge in [0.15, 0.2) is 0 Å². The zero-order valence-corrected chi connectivity index (χ0v) is 11.1. The first kappa shape index (κ1) is 14.4. The number of carboxylic acid groups (broad SMARTS) is 1. The minimum atomic E-state index is -0.940. The molecule has 6 heteroatoms. The van der Waals surface area contributed by atoms with Crippen LogP contribution in [0.3, 0.4) is 0 Å². The molecule has 20 heavy (non-hydrogen) atoms. The Hall–Kier alpha value is -1.98. The first-order valence-electron chi connectivity index (χ1n) is 6.66. The third-order valence-corrected chi connectivity index (χ3v) is 3.65. The normalized spacial score (nSPS) is 17.4. The minimum absolute atomic E-state index is 0.110. The van der Waals surface area contributed by atoms with Gasteiger partial charge < -0.3 is 10.4 Å². The summed E-state index contributed by atoms with van der Waals surface area (Å²) in [7, 11) is 0. The number of rotatable bonds is 4. The summed E-state index contributed by atoms with van der Waals surface area (Å²) < 4.78 is 13.1. The lowest BCUT2D eigenvalue weighted by Gasteiger charge is -2.37. The summed E-state index contributed by atoms with van der Waals surface area (Å²) in [5, 5.41) is 11.8. The highest BCUT2D eigenvalue weighted by Crippen LogP contribution is 2.31. The van der Waals surface area contributed by atoms with Gasteiger partial charge in [-0.25, -0.2) is 4.39 Å². The molecule has 0 atom stereocenters. The number of hydrogen-bond acceptors (Lipinski definition) is 3. The van der Waals surface area contributed by atoms with Crippen molar-refractivity contribution in [1.82, 2.24) is 10.3 Å². The molecule has 0 aliphatic heterocycles. The van der Waals surface area contributed by atoms with E-state index in [2.05, 4.69) is 10.3 Å². The maximum atomic E-state index is 13.1. The Balaban J connectivity index is 2.15. The average molecular weight is 280 g/mol. The molecule has 0 saturated heterocycles. The number of carboxylic acids is 1. The summed E-state index contributed by atoms with van der Waals surface area (Å²) >= 11 is 0. The van der Waals surface area contributed by atoms with E-state index in [9.17, 15) is 14.0 Å². The van der Waals surface area contributed by atoms with Crippen LogP contribution >= 0.6 is 0 Å². The highest BCUT2D eigenvalue weighted by molar-refractivity contribution is 5.94. The van der Waals surface area contributed by atoms with Crippen molar-refractivity contribution >= 4 is 11.9 Å². The molecule has 0 aromatic carbocycles. The molecule has 0 spiro atoms. The zero-order valence-electron chi connectivity index (χ0n) is 11.1. The molecule has 2 rings (SSSR count). The summed E-state index contributed by atoms with van der Waals surface area (Å²) in [5.41, 5.74) is -0.617. The van der Waals surface area contributed by atoms with Gasteiger partial charge in [0.2, 0.25) is 0 Å². The minimum Gasteiger partial charge on any atom is -0.481 e. The van der Waals surface area contributed by atoms with Crippen LogP contribution in [0.2, 0.25) is 0 Å². The van der Waals surface area contributed by atoms with Crippen LogP contribution in [0.5, 0.6) is 0 Å². The monoisotopic (exact) mass is 280 g/mol. The van der Waals surface area contributed by atoms with Gasteiger partial charge in [-0.2, -0.15) is 0 Å². The first-order valence-corrected chi connectivity index (χ1v) is 6.66. The summed E-state index contributed by atoms with van der Waals surface area (Å²) in [5.74, 6) is -2.00. The maximum absolute atomic E-state index is 13.1. The largest absolute Gasteiger partial charge is 0.481 e. The Bertz CT molecular complexity index is 513. The lowest BCUT2D eigenvalue weighted by atomic mass is 9.79. The molecule has 0 bridgehead atoms. The van der Waals surface area contributed by atoms with Crippen molar-refractivity contribution in [2.45, 2.75) is 44.1 Å². The van der Waals surface area contributed by atoms with Crippen LogP contribution in [0.15, 0.2) is 18.5 Å². The van der Waals surface area contributed by atoms with Crippen LogP contribution < -0.4 is 5.32 Å². The number of carbonyl (C=O) groups is 2. The molecule has 1 aliphatic rings. The third kappa shape index (κ3) is 3.53. The molecular weight excluding hydrogens is 263 g/mol. The molecule has 1 aromatic heterocycles. The molecule has 108 valence electrons. The van der Waals surface area contributed by atoms with Gasteiger partial charge in [0.1, 0.15) is 5.82 Å². The lowest BCUT2D eigenvalue weighted by molar-refractivity contribution is -0.139. The smallest absolute Gasteiger partial charge is 0.305 e. The lowest BCUT2D eigenvalue weighted by Crippen LogP contribution is -2.51. The Morgan fingerprint density at radius 2 is 2.00 bits per heavy atom. The number of halogens is 1. The van der Waals surface area contributed by atoms with Crippen molar-refractivity contribution in [3.05, 3.63) is 29.8 Å². The summed E-state index contributed by atoms with van der Waals surface area (Å²) in [4.78, 5) is 26.8. The van der Waals surface area contributed by atoms with Gasteiger partial charge in [-0.15, -0.1) is 0 Å². The Labute approximate surface area is 116 Å². The number of pyridine rings is 1. The van der Waals surface area contributed by atoms with Crippen LogP contribution in [-0.2, 0) is 4.79 Å². The number of carbonyl (C=O) groups excluding carboxylic acids is 1. The molecular formula is C14H17FN2O3. The van der Waals surface area contributed by atoms with Crippen molar-refractivity contribution in [3.8, 4) is 0 Å². The van der Waals surface area contributed by atoms with Gasteiger partial charge in [0.25, 0.3) is 5.91 Å². The van der Waals surface area contributed by atoms with Crippen molar-refractivity contribution < 1.29 is 19.1 Å². The quantitative estimate of drug-likeness (QED) is 0.885. The summed E-state index contributed by atoms with van der Waals surface area (Å²) in [6.07, 6.45) is 6.26. The highest BCUT2D eigenvalue weighted by Gasteiger charge is 2.36. The molecule has 2 N–H and O–H groups in total. The number of nitrogens with one attached hydrogen (secondary N) is 1. The van der Waals surface area contributed by atoms with Crippen LogP contribution in [0.25, 0.3) is 0 Å². The van der Waals surface area contributed by atoms with Gasteiger partial charge in [-0.05, 0) is 18.9 Å². The molecule has 1 saturated carbocycles. The van der Waals surface area contributed by atoms with E-state index >= 15 is 0 Å². The SMILES string of the molecule is O=C(O)CC1(NC(=O)c2cncc(F)c2)CCCCC1. The summed E-state index contributed by atoms with van der Waals surface area (Å²) in [6, 6.07) is 1.10. The number of amides is 1. The second kappa shape index (κ2) is 5.98. The second-order valence-corrected chi connectivity index (χ2v) is 5.26. The van der Waals surface area contributed by atoms with E-state index in [1.807, 2.05) is 0 Å². The number of aromatic nitrogens is 1. The van der Waals surface area contributed by atoms with Gasteiger partial charge in [-0.3, -0.25) is 14.6 Å². The van der Waals surface area contributed by atoms with Crippen molar-refractivity contribution in [2.75, 3.05) is 0 Å². The Kier molecular flexibility index (Phi) is 4.32. The molecule has 1 aromatic rings.